The standard InChI is InChI=1S/C8H18N2O2/c1-3-10(4-2)8(11)7-12-6-5-9/h3-7,9H2,1-2H3. The number of nitrogens with two attached hydrogens (primary N) is 1. The molecule has 0 aliphatic rings. The highest BCUT2D eigenvalue weighted by molar-refractivity contribution is 5.77. The van der Waals surface area contributed by atoms with Crippen LogP contribution in [0.3, 0.4) is 0 Å². The van der Waals surface area contributed by atoms with Crippen LogP contribution in [-0.4, -0.2) is 43.7 Å². The van der Waals surface area contributed by atoms with Crippen LogP contribution in [0.25, 0.3) is 0 Å². The van der Waals surface area contributed by atoms with Gasteiger partial charge in [-0.3, -0.25) is 4.79 Å². The summed E-state index contributed by atoms with van der Waals surface area (Å²) in [6.45, 7) is 6.44. The molecule has 0 unspecified atom stereocenters. The van der Waals surface area contributed by atoms with Crippen molar-refractivity contribution >= 4 is 5.91 Å². The first-order valence-corrected chi connectivity index (χ1v) is 4.31. The predicted octanol–water partition coefficient (Wildman–Crippen LogP) is -0.170. The maximum absolute atomic E-state index is 11.2. The van der Waals surface area contributed by atoms with Crippen LogP contribution in [0.15, 0.2) is 0 Å². The summed E-state index contributed by atoms with van der Waals surface area (Å²) in [5.74, 6) is 0.0356. The second kappa shape index (κ2) is 7.06. The number of likely N-dealkylation sites (N-methyl/N-ethyl adjacent to an activating group) is 1. The third kappa shape index (κ3) is 4.31. The molecule has 72 valence electrons. The lowest BCUT2D eigenvalue weighted by Gasteiger charge is -2.18. The van der Waals surface area contributed by atoms with Gasteiger partial charge in [0.15, 0.2) is 0 Å². The van der Waals surface area contributed by atoms with Gasteiger partial charge in [0.1, 0.15) is 6.61 Å². The van der Waals surface area contributed by atoms with Gasteiger partial charge in [-0.1, -0.05) is 0 Å². The molecule has 12 heavy (non-hydrogen) atoms. The topological polar surface area (TPSA) is 55.6 Å². The number of carbonyl (C=O) groups excluding carboxylic acids is 1. The van der Waals surface area contributed by atoms with Crippen molar-refractivity contribution in [1.29, 1.82) is 0 Å². The van der Waals surface area contributed by atoms with Crippen LogP contribution in [0.1, 0.15) is 13.8 Å². The van der Waals surface area contributed by atoms with Crippen molar-refractivity contribution in [2.45, 2.75) is 13.8 Å². The first-order chi connectivity index (χ1) is 5.76. The van der Waals surface area contributed by atoms with E-state index in [4.69, 9.17) is 10.5 Å². The maximum atomic E-state index is 11.2. The molecule has 1 amide bonds. The Hall–Kier alpha value is -0.610. The molecule has 0 radical (unpaired) electrons. The van der Waals surface area contributed by atoms with Gasteiger partial charge in [-0.2, -0.15) is 0 Å². The van der Waals surface area contributed by atoms with Gasteiger partial charge < -0.3 is 15.4 Å². The van der Waals surface area contributed by atoms with Gasteiger partial charge in [0, 0.05) is 19.6 Å². The molecule has 2 N–H and O–H groups in total. The van der Waals surface area contributed by atoms with E-state index < -0.39 is 0 Å². The molecule has 0 atom stereocenters. The summed E-state index contributed by atoms with van der Waals surface area (Å²) in [6, 6.07) is 0. The molecule has 4 heteroatoms. The zero-order valence-corrected chi connectivity index (χ0v) is 7.88. The molecule has 0 rings (SSSR count). The van der Waals surface area contributed by atoms with Crippen LogP contribution in [0.4, 0.5) is 0 Å². The molecule has 4 nitrogen and oxygen atoms in total. The summed E-state index contributed by atoms with van der Waals surface area (Å²) in [5, 5.41) is 0. The minimum absolute atomic E-state index is 0.0356. The summed E-state index contributed by atoms with van der Waals surface area (Å²) >= 11 is 0. The van der Waals surface area contributed by atoms with Crippen LogP contribution in [-0.2, 0) is 9.53 Å². The molecule has 0 saturated heterocycles. The number of hydrogen-bond donors (Lipinski definition) is 1. The van der Waals surface area contributed by atoms with Gasteiger partial charge >= 0.3 is 0 Å². The minimum atomic E-state index is 0.0356. The maximum Gasteiger partial charge on any atom is 0.248 e. The molecule has 0 heterocycles. The van der Waals surface area contributed by atoms with Gasteiger partial charge in [0.25, 0.3) is 0 Å². The summed E-state index contributed by atoms with van der Waals surface area (Å²) in [5.41, 5.74) is 5.21. The molecular formula is C8H18N2O2. The van der Waals surface area contributed by atoms with Crippen LogP contribution in [0.2, 0.25) is 0 Å². The predicted molar refractivity (Wildman–Crippen MR) is 47.8 cm³/mol. The smallest absolute Gasteiger partial charge is 0.248 e. The average Bonchev–Trinajstić information content (AvgIpc) is 2.07. The number of amides is 1. The van der Waals surface area contributed by atoms with E-state index in [1.807, 2.05) is 13.8 Å². The Morgan fingerprint density at radius 1 is 1.42 bits per heavy atom. The Balaban J connectivity index is 3.54. The van der Waals surface area contributed by atoms with E-state index in [1.54, 1.807) is 4.90 Å². The molecule has 0 saturated carbocycles. The van der Waals surface area contributed by atoms with Crippen LogP contribution in [0.5, 0.6) is 0 Å². The Kier molecular flexibility index (Phi) is 6.70. The monoisotopic (exact) mass is 174 g/mol. The SMILES string of the molecule is CCN(CC)C(=O)COCCN. The third-order valence-electron chi connectivity index (χ3n) is 1.60. The van der Waals surface area contributed by atoms with Crippen molar-refractivity contribution in [1.82, 2.24) is 4.90 Å². The summed E-state index contributed by atoms with van der Waals surface area (Å²) < 4.78 is 5.01. The lowest BCUT2D eigenvalue weighted by Crippen LogP contribution is -2.34. The molecule has 0 fully saturated rings. The number of nitrogens with zero attached hydrogens (tertiary/aromatic N) is 1. The average molecular weight is 174 g/mol. The van der Waals surface area contributed by atoms with Crippen molar-refractivity contribution < 1.29 is 9.53 Å². The Labute approximate surface area is 73.7 Å². The summed E-state index contributed by atoms with van der Waals surface area (Å²) in [6.07, 6.45) is 0. The lowest BCUT2D eigenvalue weighted by atomic mass is 10.4. The Bertz CT molecular complexity index is 124. The van der Waals surface area contributed by atoms with Crippen LogP contribution < -0.4 is 5.73 Å². The largest absolute Gasteiger partial charge is 0.370 e. The van der Waals surface area contributed by atoms with E-state index in [0.717, 1.165) is 13.1 Å². The molecule has 0 aromatic heterocycles. The first kappa shape index (κ1) is 11.4. The number of ether oxygens (including phenoxy) is 1. The van der Waals surface area contributed by atoms with Crippen molar-refractivity contribution in [3.8, 4) is 0 Å². The fourth-order valence-corrected chi connectivity index (χ4v) is 0.910. The normalized spacial score (nSPS) is 9.92. The summed E-state index contributed by atoms with van der Waals surface area (Å²) in [4.78, 5) is 13.0. The fourth-order valence-electron chi connectivity index (χ4n) is 0.910. The Morgan fingerprint density at radius 3 is 2.42 bits per heavy atom. The first-order valence-electron chi connectivity index (χ1n) is 4.31. The third-order valence-corrected chi connectivity index (χ3v) is 1.60. The van der Waals surface area contributed by atoms with Gasteiger partial charge in [-0.15, -0.1) is 0 Å². The Morgan fingerprint density at radius 2 is 2.00 bits per heavy atom. The van der Waals surface area contributed by atoms with Crippen molar-refractivity contribution in [2.75, 3.05) is 32.8 Å². The van der Waals surface area contributed by atoms with Crippen molar-refractivity contribution in [2.24, 2.45) is 5.73 Å². The van der Waals surface area contributed by atoms with Crippen molar-refractivity contribution in [3.63, 3.8) is 0 Å². The highest BCUT2D eigenvalue weighted by Crippen LogP contribution is 1.89. The molecule has 0 aromatic rings. The molecule has 0 bridgehead atoms. The molecule has 0 aliphatic carbocycles. The minimum Gasteiger partial charge on any atom is -0.370 e. The number of hydrogen-bond acceptors (Lipinski definition) is 3. The number of carbonyl (C=O) groups is 1. The van der Waals surface area contributed by atoms with E-state index in [1.165, 1.54) is 0 Å². The van der Waals surface area contributed by atoms with E-state index in [0.29, 0.717) is 13.2 Å². The van der Waals surface area contributed by atoms with E-state index in [-0.39, 0.29) is 12.5 Å². The van der Waals surface area contributed by atoms with Gasteiger partial charge in [0.2, 0.25) is 5.91 Å². The van der Waals surface area contributed by atoms with Gasteiger partial charge in [0.05, 0.1) is 6.61 Å². The molecule has 0 aliphatic heterocycles. The highest BCUT2D eigenvalue weighted by Gasteiger charge is 2.07. The number of rotatable bonds is 6. The van der Waals surface area contributed by atoms with E-state index >= 15 is 0 Å². The second-order valence-corrected chi connectivity index (χ2v) is 2.41. The van der Waals surface area contributed by atoms with Gasteiger partial charge in [-0.25, -0.2) is 0 Å². The zero-order valence-electron chi connectivity index (χ0n) is 7.88. The zero-order chi connectivity index (χ0) is 9.40. The quantitative estimate of drug-likeness (QED) is 0.569. The van der Waals surface area contributed by atoms with Crippen molar-refractivity contribution in [3.05, 3.63) is 0 Å². The van der Waals surface area contributed by atoms with Crippen LogP contribution in [0, 0.1) is 0 Å². The lowest BCUT2D eigenvalue weighted by molar-refractivity contribution is -0.135. The van der Waals surface area contributed by atoms with Crippen LogP contribution >= 0.6 is 0 Å². The van der Waals surface area contributed by atoms with Gasteiger partial charge in [-0.05, 0) is 13.8 Å². The second-order valence-electron chi connectivity index (χ2n) is 2.41. The fraction of sp³-hybridized carbons (Fsp3) is 0.875. The summed E-state index contributed by atoms with van der Waals surface area (Å²) in [7, 11) is 0. The van der Waals surface area contributed by atoms with E-state index in [2.05, 4.69) is 0 Å². The molecule has 0 spiro atoms. The molecule has 0 aromatic carbocycles. The highest BCUT2D eigenvalue weighted by atomic mass is 16.5. The van der Waals surface area contributed by atoms with E-state index in [9.17, 15) is 4.79 Å². The molecular weight excluding hydrogens is 156 g/mol.